The Labute approximate surface area is 191 Å². The number of aliphatic hydroxyl groups is 2. The van der Waals surface area contributed by atoms with Gasteiger partial charge in [0.25, 0.3) is 0 Å². The zero-order chi connectivity index (χ0) is 22.4. The molecule has 1 saturated carbocycles. The van der Waals surface area contributed by atoms with Gasteiger partial charge in [-0.3, -0.25) is 4.79 Å². The third kappa shape index (κ3) is 3.56. The predicted octanol–water partition coefficient (Wildman–Crippen LogP) is 1.25. The maximum absolute atomic E-state index is 13.6. The van der Waals surface area contributed by atoms with Crippen LogP contribution < -0.4 is 19.7 Å². The minimum atomic E-state index is -1.04. The van der Waals surface area contributed by atoms with Gasteiger partial charge in [-0.25, -0.2) is 0 Å². The summed E-state index contributed by atoms with van der Waals surface area (Å²) >= 11 is 5.59. The Balaban J connectivity index is 1.46. The summed E-state index contributed by atoms with van der Waals surface area (Å²) in [6.45, 7) is 0.609. The molecule has 5 atom stereocenters. The highest BCUT2D eigenvalue weighted by Crippen LogP contribution is 2.41. The first kappa shape index (κ1) is 21.0. The molecule has 9 heteroatoms. The first-order chi connectivity index (χ1) is 15.4. The second-order valence-electron chi connectivity index (χ2n) is 8.45. The number of carbonyl (C=O) groups is 1. The van der Waals surface area contributed by atoms with E-state index < -0.39 is 30.2 Å². The molecule has 0 radical (unpaired) electrons. The molecule has 0 spiro atoms. The molecule has 2 aliphatic heterocycles. The Hall–Kier alpha value is -2.88. The molecule has 5 rings (SSSR count). The van der Waals surface area contributed by atoms with Crippen molar-refractivity contribution in [3.63, 3.8) is 0 Å². The molecule has 1 saturated heterocycles. The van der Waals surface area contributed by atoms with E-state index >= 15 is 0 Å². The number of rotatable bonds is 4. The van der Waals surface area contributed by atoms with Crippen molar-refractivity contribution in [2.24, 2.45) is 5.92 Å². The predicted molar refractivity (Wildman–Crippen MR) is 121 cm³/mol. The standard InChI is InChI=1S/C23H25N3O5S/c1-25(11-13-5-3-2-4-6-13)22(29)15-10-16(27)21(28)19-20(15)26(23(32)24-19)14-7-8-17-18(9-14)31-12-30-17/h2-9,15-16,19-21,27-28H,10-12H2,1H3,(H,24,32)/t15-,16+,19-,20+,21-/m0/s1. The third-order valence-corrected chi connectivity index (χ3v) is 6.75. The molecule has 2 aromatic rings. The highest BCUT2D eigenvalue weighted by Gasteiger charge is 2.54. The van der Waals surface area contributed by atoms with Gasteiger partial charge >= 0.3 is 0 Å². The first-order valence-electron chi connectivity index (χ1n) is 10.6. The minimum absolute atomic E-state index is 0.105. The van der Waals surface area contributed by atoms with E-state index in [0.717, 1.165) is 11.3 Å². The van der Waals surface area contributed by atoms with E-state index in [1.54, 1.807) is 18.0 Å². The second-order valence-corrected chi connectivity index (χ2v) is 8.84. The molecule has 2 aromatic carbocycles. The summed E-state index contributed by atoms with van der Waals surface area (Å²) in [6.07, 6.45) is -1.92. The average molecular weight is 456 g/mol. The number of ether oxygens (including phenoxy) is 2. The molecule has 168 valence electrons. The van der Waals surface area contributed by atoms with Crippen molar-refractivity contribution in [1.82, 2.24) is 10.2 Å². The molecular formula is C23H25N3O5S. The number of thiocarbonyl (C=S) groups is 1. The Morgan fingerprint density at radius 3 is 2.72 bits per heavy atom. The van der Waals surface area contributed by atoms with Gasteiger partial charge in [0, 0.05) is 25.3 Å². The lowest BCUT2D eigenvalue weighted by Gasteiger charge is -2.42. The largest absolute Gasteiger partial charge is 0.454 e. The van der Waals surface area contributed by atoms with Gasteiger partial charge in [-0.05, 0) is 36.3 Å². The van der Waals surface area contributed by atoms with Crippen LogP contribution in [0.5, 0.6) is 11.5 Å². The Morgan fingerprint density at radius 1 is 1.19 bits per heavy atom. The third-order valence-electron chi connectivity index (χ3n) is 6.44. The summed E-state index contributed by atoms with van der Waals surface area (Å²) in [5, 5.41) is 24.7. The van der Waals surface area contributed by atoms with Gasteiger partial charge in [-0.15, -0.1) is 0 Å². The zero-order valence-corrected chi connectivity index (χ0v) is 18.4. The molecule has 2 fully saturated rings. The summed E-state index contributed by atoms with van der Waals surface area (Å²) < 4.78 is 10.9. The average Bonchev–Trinajstić information content (AvgIpc) is 3.40. The Kier molecular flexibility index (Phi) is 5.40. The van der Waals surface area contributed by atoms with Gasteiger partial charge < -0.3 is 34.8 Å². The maximum Gasteiger partial charge on any atom is 0.231 e. The van der Waals surface area contributed by atoms with Crippen LogP contribution in [0.3, 0.4) is 0 Å². The van der Waals surface area contributed by atoms with Crippen molar-refractivity contribution in [1.29, 1.82) is 0 Å². The van der Waals surface area contributed by atoms with E-state index in [9.17, 15) is 15.0 Å². The number of aliphatic hydroxyl groups excluding tert-OH is 2. The van der Waals surface area contributed by atoms with Crippen molar-refractivity contribution in [3.8, 4) is 11.5 Å². The lowest BCUT2D eigenvalue weighted by atomic mass is 9.77. The van der Waals surface area contributed by atoms with Gasteiger partial charge in [0.2, 0.25) is 12.7 Å². The molecule has 0 bridgehead atoms. The molecule has 3 aliphatic rings. The summed E-state index contributed by atoms with van der Waals surface area (Å²) in [4.78, 5) is 17.1. The number of nitrogens with zero attached hydrogens (tertiary/aromatic N) is 2. The maximum atomic E-state index is 13.6. The molecular weight excluding hydrogens is 430 g/mol. The van der Waals surface area contributed by atoms with Crippen LogP contribution in [0.25, 0.3) is 0 Å². The normalized spacial score (nSPS) is 28.3. The van der Waals surface area contributed by atoms with Crippen LogP contribution in [0.4, 0.5) is 5.69 Å². The van der Waals surface area contributed by atoms with Crippen LogP contribution in [0.2, 0.25) is 0 Å². The van der Waals surface area contributed by atoms with Crippen LogP contribution >= 0.6 is 12.2 Å². The number of benzene rings is 2. The van der Waals surface area contributed by atoms with E-state index in [2.05, 4.69) is 5.32 Å². The van der Waals surface area contributed by atoms with Crippen LogP contribution in [-0.2, 0) is 11.3 Å². The summed E-state index contributed by atoms with van der Waals surface area (Å²) in [6, 6.07) is 14.2. The first-order valence-corrected chi connectivity index (χ1v) is 11.0. The van der Waals surface area contributed by atoms with Crippen LogP contribution in [0.15, 0.2) is 48.5 Å². The van der Waals surface area contributed by atoms with Gasteiger partial charge in [0.1, 0.15) is 6.10 Å². The number of hydrogen-bond donors (Lipinski definition) is 3. The fourth-order valence-corrected chi connectivity index (χ4v) is 5.24. The molecule has 2 heterocycles. The van der Waals surface area contributed by atoms with Gasteiger partial charge in [0.15, 0.2) is 16.6 Å². The molecule has 0 aromatic heterocycles. The van der Waals surface area contributed by atoms with Crippen LogP contribution in [-0.4, -0.2) is 64.3 Å². The number of carbonyl (C=O) groups excluding carboxylic acids is 1. The fourth-order valence-electron chi connectivity index (χ4n) is 4.88. The smallest absolute Gasteiger partial charge is 0.231 e. The van der Waals surface area contributed by atoms with Crippen molar-refractivity contribution in [2.45, 2.75) is 37.3 Å². The number of hydrogen-bond acceptors (Lipinski definition) is 6. The lowest BCUT2D eigenvalue weighted by Crippen LogP contribution is -2.61. The highest BCUT2D eigenvalue weighted by molar-refractivity contribution is 7.80. The van der Waals surface area contributed by atoms with E-state index in [1.165, 1.54) is 0 Å². The SMILES string of the molecule is CN(Cc1ccccc1)C(=O)[C@H]1C[C@@H](O)[C@H](O)[C@H]2NC(=S)N(c3ccc4c(c3)OCO4)[C@@H]21. The lowest BCUT2D eigenvalue weighted by molar-refractivity contribution is -0.141. The number of nitrogens with one attached hydrogen (secondary N) is 1. The summed E-state index contributed by atoms with van der Waals surface area (Å²) in [5.41, 5.74) is 1.76. The van der Waals surface area contributed by atoms with Crippen LogP contribution in [0.1, 0.15) is 12.0 Å². The molecule has 0 unspecified atom stereocenters. The molecule has 1 aliphatic carbocycles. The fraction of sp³-hybridized carbons (Fsp3) is 0.391. The Bertz CT molecular complexity index is 1040. The van der Waals surface area contributed by atoms with E-state index in [-0.39, 0.29) is 19.1 Å². The summed E-state index contributed by atoms with van der Waals surface area (Å²) in [5.74, 6) is 0.587. The van der Waals surface area contributed by atoms with Crippen LogP contribution in [0, 0.1) is 5.92 Å². The molecule has 1 amide bonds. The van der Waals surface area contributed by atoms with Gasteiger partial charge in [0.05, 0.1) is 24.1 Å². The quantitative estimate of drug-likeness (QED) is 0.593. The van der Waals surface area contributed by atoms with Crippen molar-refractivity contribution in [2.75, 3.05) is 18.7 Å². The molecule has 8 nitrogen and oxygen atoms in total. The molecule has 3 N–H and O–H groups in total. The molecule has 32 heavy (non-hydrogen) atoms. The van der Waals surface area contributed by atoms with E-state index in [1.807, 2.05) is 47.4 Å². The van der Waals surface area contributed by atoms with Crippen molar-refractivity contribution in [3.05, 3.63) is 54.1 Å². The zero-order valence-electron chi connectivity index (χ0n) is 17.5. The second kappa shape index (κ2) is 8.23. The number of anilines is 1. The monoisotopic (exact) mass is 455 g/mol. The van der Waals surface area contributed by atoms with Crippen molar-refractivity contribution < 1.29 is 24.5 Å². The van der Waals surface area contributed by atoms with E-state index in [4.69, 9.17) is 21.7 Å². The highest BCUT2D eigenvalue weighted by atomic mass is 32.1. The minimum Gasteiger partial charge on any atom is -0.454 e. The van der Waals surface area contributed by atoms with Crippen molar-refractivity contribution >= 4 is 28.9 Å². The van der Waals surface area contributed by atoms with Gasteiger partial charge in [-0.1, -0.05) is 30.3 Å². The van der Waals surface area contributed by atoms with E-state index in [0.29, 0.717) is 23.2 Å². The van der Waals surface area contributed by atoms with Gasteiger partial charge in [-0.2, -0.15) is 0 Å². The Morgan fingerprint density at radius 2 is 1.94 bits per heavy atom. The number of amides is 1. The summed E-state index contributed by atoms with van der Waals surface area (Å²) in [7, 11) is 1.76. The number of fused-ring (bicyclic) bond motifs is 2. The topological polar surface area (TPSA) is 94.5 Å².